The molecule has 8 heteroatoms. The lowest BCUT2D eigenvalue weighted by Gasteiger charge is -2.17. The van der Waals surface area contributed by atoms with E-state index in [1.807, 2.05) is 0 Å². The lowest BCUT2D eigenvalue weighted by molar-refractivity contribution is -2.00. The molecular weight excluding hydrogens is 322 g/mol. The van der Waals surface area contributed by atoms with Crippen molar-refractivity contribution in [3.05, 3.63) is 5.36 Å². The fourth-order valence-electron chi connectivity index (χ4n) is 3.88. The summed E-state index contributed by atoms with van der Waals surface area (Å²) in [6.07, 6.45) is 8.36. The predicted octanol–water partition coefficient (Wildman–Crippen LogP) is -3.43. The molecule has 3 aliphatic heterocycles. The highest BCUT2D eigenvalue weighted by Gasteiger charge is 2.39. The van der Waals surface area contributed by atoms with E-state index in [9.17, 15) is 0 Å². The number of anilines is 2. The molecule has 23 heavy (non-hydrogen) atoms. The maximum absolute atomic E-state index is 8.49. The molecule has 0 N–H and O–H groups in total. The summed E-state index contributed by atoms with van der Waals surface area (Å²) in [5.74, 6) is 0. The van der Waals surface area contributed by atoms with Gasteiger partial charge in [0.2, 0.25) is 0 Å². The molecule has 1 aromatic carbocycles. The van der Waals surface area contributed by atoms with Gasteiger partial charge in [-0.05, 0) is 25.7 Å². The highest BCUT2D eigenvalue weighted by molar-refractivity contribution is 5.85. The van der Waals surface area contributed by atoms with Crippen LogP contribution < -0.4 is 38.4 Å². The Bertz CT molecular complexity index is 505. The van der Waals surface area contributed by atoms with Gasteiger partial charge < -0.3 is 9.80 Å². The van der Waals surface area contributed by atoms with E-state index in [0.29, 0.717) is 0 Å². The predicted molar refractivity (Wildman–Crippen MR) is 75.9 cm³/mol. The van der Waals surface area contributed by atoms with Crippen molar-refractivity contribution < 1.29 is 28.9 Å². The fraction of sp³-hybridized carbons (Fsp3) is 0.800. The van der Waals surface area contributed by atoms with Crippen LogP contribution in [0.25, 0.3) is 0 Å². The standard InChI is InChI=1S/C15H24N3.ClHO4/c1-2-8-16(7-1)13-14(17-9-3-4-10-17)15(13)18-11-5-6-12-18;2-1(3,4)5/h1-12H2;(H,2,3,4,5)/q+1;/p-1. The molecule has 0 radical (unpaired) electrons. The zero-order valence-electron chi connectivity index (χ0n) is 13.3. The van der Waals surface area contributed by atoms with Gasteiger partial charge in [0.15, 0.2) is 0 Å². The second-order valence-electron chi connectivity index (χ2n) is 6.51. The number of nitrogens with zero attached hydrogens (tertiary/aromatic N) is 3. The molecule has 3 saturated heterocycles. The minimum atomic E-state index is -4.94. The van der Waals surface area contributed by atoms with Gasteiger partial charge in [0.05, 0.1) is 0 Å². The molecule has 0 spiro atoms. The number of rotatable bonds is 2. The van der Waals surface area contributed by atoms with Crippen molar-refractivity contribution >= 4 is 11.4 Å². The van der Waals surface area contributed by atoms with E-state index < -0.39 is 10.2 Å². The highest BCUT2D eigenvalue weighted by Crippen LogP contribution is 2.36. The molecule has 0 atom stereocenters. The van der Waals surface area contributed by atoms with Crippen molar-refractivity contribution in [2.75, 3.05) is 49.1 Å². The van der Waals surface area contributed by atoms with Crippen molar-refractivity contribution in [2.45, 2.75) is 38.5 Å². The van der Waals surface area contributed by atoms with Gasteiger partial charge in [0.1, 0.15) is 24.5 Å². The molecule has 3 heterocycles. The monoisotopic (exact) mass is 345 g/mol. The summed E-state index contributed by atoms with van der Waals surface area (Å²) >= 11 is 0. The lowest BCUT2D eigenvalue weighted by Crippen LogP contribution is -2.68. The Morgan fingerprint density at radius 2 is 1.00 bits per heavy atom. The number of hydrogen-bond acceptors (Lipinski definition) is 6. The van der Waals surface area contributed by atoms with E-state index in [1.165, 1.54) is 77.8 Å². The summed E-state index contributed by atoms with van der Waals surface area (Å²) in [5, 5.41) is 1.64. The number of halogens is 1. The number of hydrogen-bond donors (Lipinski definition) is 0. The van der Waals surface area contributed by atoms with Crippen LogP contribution in [-0.4, -0.2) is 39.3 Å². The maximum Gasteiger partial charge on any atom is 0.252 e. The van der Waals surface area contributed by atoms with Crippen LogP contribution in [0.4, 0.5) is 11.4 Å². The van der Waals surface area contributed by atoms with E-state index in [2.05, 4.69) is 14.4 Å². The van der Waals surface area contributed by atoms with E-state index >= 15 is 0 Å². The van der Waals surface area contributed by atoms with Crippen molar-refractivity contribution in [2.24, 2.45) is 0 Å². The third kappa shape index (κ3) is 4.36. The Kier molecular flexibility index (Phi) is 5.13. The van der Waals surface area contributed by atoms with Crippen molar-refractivity contribution in [3.8, 4) is 0 Å². The third-order valence-corrected chi connectivity index (χ3v) is 4.88. The zero-order valence-corrected chi connectivity index (χ0v) is 14.1. The Hall–Kier alpha value is -0.860. The largest absolute Gasteiger partial charge is 0.364 e. The summed E-state index contributed by atoms with van der Waals surface area (Å²) in [5.41, 5.74) is 3.27. The van der Waals surface area contributed by atoms with Crippen LogP contribution in [0.1, 0.15) is 38.5 Å². The van der Waals surface area contributed by atoms with Gasteiger partial charge in [-0.1, -0.05) is 0 Å². The van der Waals surface area contributed by atoms with E-state index in [1.54, 1.807) is 16.7 Å². The van der Waals surface area contributed by atoms with Gasteiger partial charge in [-0.2, -0.15) is 0 Å². The summed E-state index contributed by atoms with van der Waals surface area (Å²) in [6, 6.07) is 0. The Labute approximate surface area is 138 Å². The van der Waals surface area contributed by atoms with Gasteiger partial charge in [0.25, 0.3) is 5.36 Å². The minimum absolute atomic E-state index is 1.30. The summed E-state index contributed by atoms with van der Waals surface area (Å²) in [7, 11) is -4.94. The summed E-state index contributed by atoms with van der Waals surface area (Å²) in [6.45, 7) is 7.77. The Morgan fingerprint density at radius 1 is 0.652 bits per heavy atom. The second-order valence-corrected chi connectivity index (χ2v) is 7.26. The second kappa shape index (κ2) is 6.94. The summed E-state index contributed by atoms with van der Waals surface area (Å²) < 4.78 is 36.6. The molecule has 0 saturated carbocycles. The quantitative estimate of drug-likeness (QED) is 0.517. The SMILES string of the molecule is C1CCN(c2c(N3CCCC3)c2=[N+]2CCCC2)C1.[O-][Cl+3]([O-])([O-])[O-]. The zero-order chi connectivity index (χ0) is 16.4. The molecule has 0 unspecified atom stereocenters. The Morgan fingerprint density at radius 3 is 1.35 bits per heavy atom. The lowest BCUT2D eigenvalue weighted by atomic mass is 10.4. The summed E-state index contributed by atoms with van der Waals surface area (Å²) in [4.78, 5) is 5.31. The topological polar surface area (TPSA) is 102 Å². The van der Waals surface area contributed by atoms with Crippen LogP contribution in [0.2, 0.25) is 0 Å². The fourth-order valence-corrected chi connectivity index (χ4v) is 3.88. The average molecular weight is 346 g/mol. The van der Waals surface area contributed by atoms with E-state index in [-0.39, 0.29) is 0 Å². The van der Waals surface area contributed by atoms with Crippen molar-refractivity contribution in [1.29, 1.82) is 0 Å². The molecule has 3 aliphatic rings. The molecule has 0 amide bonds. The molecule has 0 bridgehead atoms. The normalized spacial score (nSPS) is 22.2. The van der Waals surface area contributed by atoms with Crippen LogP contribution >= 0.6 is 0 Å². The first-order valence-corrected chi connectivity index (χ1v) is 9.67. The molecule has 4 rings (SSSR count). The van der Waals surface area contributed by atoms with E-state index in [4.69, 9.17) is 18.6 Å². The Balaban J connectivity index is 0.000000276. The molecule has 0 aromatic heterocycles. The van der Waals surface area contributed by atoms with Crippen molar-refractivity contribution in [3.63, 3.8) is 0 Å². The van der Waals surface area contributed by atoms with Crippen molar-refractivity contribution in [1.82, 2.24) is 4.58 Å². The minimum Gasteiger partial charge on any atom is -0.364 e. The van der Waals surface area contributed by atoms with E-state index in [0.717, 1.165) is 0 Å². The van der Waals surface area contributed by atoms with Crippen LogP contribution in [0.3, 0.4) is 0 Å². The first kappa shape index (κ1) is 17.0. The molecular formula is C15H24ClN3O4. The van der Waals surface area contributed by atoms with Gasteiger partial charge in [0, 0.05) is 39.0 Å². The van der Waals surface area contributed by atoms with Crippen LogP contribution in [0.5, 0.6) is 0 Å². The first-order valence-electron chi connectivity index (χ1n) is 8.44. The molecule has 1 aromatic rings. The molecule has 7 nitrogen and oxygen atoms in total. The van der Waals surface area contributed by atoms with Gasteiger partial charge in [-0.25, -0.2) is 23.2 Å². The smallest absolute Gasteiger partial charge is 0.252 e. The van der Waals surface area contributed by atoms with Gasteiger partial charge >= 0.3 is 0 Å². The van der Waals surface area contributed by atoms with Crippen LogP contribution in [0.15, 0.2) is 0 Å². The van der Waals surface area contributed by atoms with Crippen LogP contribution in [-0.2, 0) is 0 Å². The molecule has 130 valence electrons. The molecule has 0 aliphatic carbocycles. The highest BCUT2D eigenvalue weighted by atomic mass is 35.7. The first-order chi connectivity index (χ1) is 10.9. The molecule has 3 fully saturated rings. The van der Waals surface area contributed by atoms with Gasteiger partial charge in [-0.3, -0.25) is 0 Å². The van der Waals surface area contributed by atoms with Crippen LogP contribution in [0, 0.1) is 10.2 Å². The van der Waals surface area contributed by atoms with Gasteiger partial charge in [-0.15, -0.1) is 10.2 Å². The third-order valence-electron chi connectivity index (χ3n) is 4.88. The average Bonchev–Trinajstić information content (AvgIpc) is 3.05. The maximum atomic E-state index is 8.49.